The first kappa shape index (κ1) is 21.6. The number of carbonyl (C=O) groups is 1. The Morgan fingerprint density at radius 3 is 2.66 bits per heavy atom. The number of amides is 1. The third-order valence-electron chi connectivity index (χ3n) is 5.03. The molecule has 0 aliphatic carbocycles. The largest absolute Gasteiger partial charge is 0.497 e. The summed E-state index contributed by atoms with van der Waals surface area (Å²) in [5, 5.41) is 2.86. The Morgan fingerprint density at radius 1 is 1.21 bits per heavy atom. The molecule has 1 fully saturated rings. The summed E-state index contributed by atoms with van der Waals surface area (Å²) in [7, 11) is 3.22. The Bertz CT molecular complexity index is 800. The number of methoxy groups -OCH3 is 2. The van der Waals surface area contributed by atoms with Crippen molar-refractivity contribution >= 4 is 17.2 Å². The molecule has 2 heterocycles. The number of hydrogen-bond acceptors (Lipinski definition) is 6. The lowest BCUT2D eigenvalue weighted by Gasteiger charge is -2.32. The molecule has 6 nitrogen and oxygen atoms in total. The summed E-state index contributed by atoms with van der Waals surface area (Å²) in [5.74, 6) is 1.09. The quantitative estimate of drug-likeness (QED) is 0.632. The summed E-state index contributed by atoms with van der Waals surface area (Å²) < 4.78 is 16.6. The van der Waals surface area contributed by atoms with Gasteiger partial charge in [-0.25, -0.2) is 0 Å². The number of nitrogens with zero attached hydrogens (tertiary/aromatic N) is 1. The van der Waals surface area contributed by atoms with Crippen LogP contribution in [0, 0.1) is 6.92 Å². The average Bonchev–Trinajstić information content (AvgIpc) is 3.14. The molecule has 1 aliphatic heterocycles. The lowest BCUT2D eigenvalue weighted by molar-refractivity contribution is 0.0883. The molecule has 158 valence electrons. The fourth-order valence-corrected chi connectivity index (χ4v) is 4.36. The fourth-order valence-electron chi connectivity index (χ4n) is 3.43. The van der Waals surface area contributed by atoms with E-state index in [1.54, 1.807) is 32.4 Å². The Morgan fingerprint density at radius 2 is 2.00 bits per heavy atom. The molecular formula is C22H30N2O4S. The Kier molecular flexibility index (Phi) is 7.91. The summed E-state index contributed by atoms with van der Waals surface area (Å²) >= 11 is 1.86. The van der Waals surface area contributed by atoms with Crippen molar-refractivity contribution in [3.63, 3.8) is 0 Å². The highest BCUT2D eigenvalue weighted by molar-refractivity contribution is 7.11. The van der Waals surface area contributed by atoms with E-state index in [-0.39, 0.29) is 12.0 Å². The van der Waals surface area contributed by atoms with Gasteiger partial charge in [-0.15, -0.1) is 11.3 Å². The van der Waals surface area contributed by atoms with E-state index in [9.17, 15) is 4.79 Å². The zero-order valence-corrected chi connectivity index (χ0v) is 18.2. The van der Waals surface area contributed by atoms with Crippen LogP contribution in [-0.4, -0.2) is 57.4 Å². The minimum Gasteiger partial charge on any atom is -0.497 e. The SMILES string of the molecule is COCCNC(=O)c1ccc(OC)cc1OC1CCN(Cc2ccc(C)s2)CC1. The third kappa shape index (κ3) is 6.19. The first-order valence-corrected chi connectivity index (χ1v) is 10.8. The van der Waals surface area contributed by atoms with Gasteiger partial charge in [-0.1, -0.05) is 0 Å². The van der Waals surface area contributed by atoms with Crippen molar-refractivity contribution in [2.75, 3.05) is 40.5 Å². The van der Waals surface area contributed by atoms with E-state index < -0.39 is 0 Å². The van der Waals surface area contributed by atoms with Gasteiger partial charge in [0.15, 0.2) is 0 Å². The first-order chi connectivity index (χ1) is 14.1. The molecule has 0 saturated carbocycles. The van der Waals surface area contributed by atoms with Crippen LogP contribution in [0.3, 0.4) is 0 Å². The predicted molar refractivity (Wildman–Crippen MR) is 115 cm³/mol. The first-order valence-electron chi connectivity index (χ1n) is 9.98. The van der Waals surface area contributed by atoms with E-state index >= 15 is 0 Å². The molecule has 0 spiro atoms. The molecule has 0 bridgehead atoms. The topological polar surface area (TPSA) is 60.0 Å². The van der Waals surface area contributed by atoms with Crippen LogP contribution >= 0.6 is 11.3 Å². The average molecular weight is 419 g/mol. The molecular weight excluding hydrogens is 388 g/mol. The van der Waals surface area contributed by atoms with Gasteiger partial charge in [0.2, 0.25) is 0 Å². The second-order valence-corrected chi connectivity index (χ2v) is 8.59. The van der Waals surface area contributed by atoms with Gasteiger partial charge in [0, 0.05) is 49.1 Å². The van der Waals surface area contributed by atoms with Crippen LogP contribution in [0.2, 0.25) is 0 Å². The van der Waals surface area contributed by atoms with Crippen LogP contribution in [0.25, 0.3) is 0 Å². The zero-order chi connectivity index (χ0) is 20.6. The number of carbonyl (C=O) groups excluding carboxylic acids is 1. The van der Waals surface area contributed by atoms with Crippen LogP contribution in [0.5, 0.6) is 11.5 Å². The van der Waals surface area contributed by atoms with Gasteiger partial charge in [0.1, 0.15) is 17.6 Å². The molecule has 1 saturated heterocycles. The second-order valence-electron chi connectivity index (χ2n) is 7.22. The van der Waals surface area contributed by atoms with E-state index in [1.807, 2.05) is 11.3 Å². The van der Waals surface area contributed by atoms with Crippen molar-refractivity contribution in [3.05, 3.63) is 45.6 Å². The number of benzene rings is 1. The molecule has 0 radical (unpaired) electrons. The molecule has 1 N–H and O–H groups in total. The number of thiophene rings is 1. The van der Waals surface area contributed by atoms with Crippen LogP contribution in [0.4, 0.5) is 0 Å². The Labute approximate surface area is 176 Å². The molecule has 3 rings (SSSR count). The standard InChI is InChI=1S/C22H30N2O4S/c1-16-4-6-19(29-16)15-24-11-8-17(9-12-24)28-21-14-18(27-3)5-7-20(21)22(25)23-10-13-26-2/h4-7,14,17H,8-13,15H2,1-3H3,(H,23,25). The van der Waals surface area contributed by atoms with E-state index in [2.05, 4.69) is 29.3 Å². The third-order valence-corrected chi connectivity index (χ3v) is 6.01. The van der Waals surface area contributed by atoms with Gasteiger partial charge in [-0.05, 0) is 44.0 Å². The van der Waals surface area contributed by atoms with Gasteiger partial charge in [-0.3, -0.25) is 9.69 Å². The number of rotatable bonds is 9. The second kappa shape index (κ2) is 10.6. The maximum atomic E-state index is 12.5. The van der Waals surface area contributed by atoms with Crippen molar-refractivity contribution in [2.45, 2.75) is 32.4 Å². The molecule has 1 aromatic heterocycles. The summed E-state index contributed by atoms with van der Waals surface area (Å²) in [6.07, 6.45) is 1.97. The van der Waals surface area contributed by atoms with Gasteiger partial charge in [-0.2, -0.15) is 0 Å². The number of nitrogens with one attached hydrogen (secondary N) is 1. The summed E-state index contributed by atoms with van der Waals surface area (Å²) in [6, 6.07) is 9.73. The molecule has 7 heteroatoms. The molecule has 1 aliphatic rings. The number of aryl methyl sites for hydroxylation is 1. The summed E-state index contributed by atoms with van der Waals surface area (Å²) in [4.78, 5) is 17.8. The highest BCUT2D eigenvalue weighted by Crippen LogP contribution is 2.28. The molecule has 0 atom stereocenters. The monoisotopic (exact) mass is 418 g/mol. The van der Waals surface area contributed by atoms with E-state index in [0.717, 1.165) is 32.5 Å². The number of piperidine rings is 1. The van der Waals surface area contributed by atoms with Crippen LogP contribution in [0.15, 0.2) is 30.3 Å². The van der Waals surface area contributed by atoms with Crippen molar-refractivity contribution in [1.29, 1.82) is 0 Å². The predicted octanol–water partition coefficient (Wildman–Crippen LogP) is 3.48. The molecule has 1 aromatic carbocycles. The highest BCUT2D eigenvalue weighted by atomic mass is 32.1. The van der Waals surface area contributed by atoms with Crippen LogP contribution in [0.1, 0.15) is 33.0 Å². The smallest absolute Gasteiger partial charge is 0.255 e. The zero-order valence-electron chi connectivity index (χ0n) is 17.4. The molecule has 1 amide bonds. The van der Waals surface area contributed by atoms with E-state index in [1.165, 1.54) is 9.75 Å². The number of likely N-dealkylation sites (tertiary alicyclic amines) is 1. The minimum absolute atomic E-state index is 0.0916. The Hall–Kier alpha value is -2.09. The van der Waals surface area contributed by atoms with Crippen LogP contribution in [-0.2, 0) is 11.3 Å². The van der Waals surface area contributed by atoms with Crippen molar-refractivity contribution in [1.82, 2.24) is 10.2 Å². The highest BCUT2D eigenvalue weighted by Gasteiger charge is 2.23. The van der Waals surface area contributed by atoms with E-state index in [0.29, 0.717) is 30.2 Å². The van der Waals surface area contributed by atoms with Gasteiger partial charge in [0.05, 0.1) is 19.3 Å². The maximum absolute atomic E-state index is 12.5. The van der Waals surface area contributed by atoms with Gasteiger partial charge in [0.25, 0.3) is 5.91 Å². The Balaban J connectivity index is 1.59. The lowest BCUT2D eigenvalue weighted by Crippen LogP contribution is -2.38. The van der Waals surface area contributed by atoms with Gasteiger partial charge >= 0.3 is 0 Å². The normalized spacial score (nSPS) is 15.3. The molecule has 29 heavy (non-hydrogen) atoms. The van der Waals surface area contributed by atoms with Crippen LogP contribution < -0.4 is 14.8 Å². The van der Waals surface area contributed by atoms with Crippen molar-refractivity contribution in [2.24, 2.45) is 0 Å². The summed E-state index contributed by atoms with van der Waals surface area (Å²) in [5.41, 5.74) is 0.526. The molecule has 0 unspecified atom stereocenters. The van der Waals surface area contributed by atoms with Gasteiger partial charge < -0.3 is 19.5 Å². The molecule has 2 aromatic rings. The summed E-state index contributed by atoms with van der Waals surface area (Å²) in [6.45, 7) is 6.05. The minimum atomic E-state index is -0.162. The number of hydrogen-bond donors (Lipinski definition) is 1. The van der Waals surface area contributed by atoms with Crippen molar-refractivity contribution < 1.29 is 19.0 Å². The fraction of sp³-hybridized carbons (Fsp3) is 0.500. The van der Waals surface area contributed by atoms with Crippen molar-refractivity contribution in [3.8, 4) is 11.5 Å². The lowest BCUT2D eigenvalue weighted by atomic mass is 10.1. The van der Waals surface area contributed by atoms with E-state index in [4.69, 9.17) is 14.2 Å². The maximum Gasteiger partial charge on any atom is 0.255 e. The number of ether oxygens (including phenoxy) is 3.